The van der Waals surface area contributed by atoms with Gasteiger partial charge in [-0.25, -0.2) is 13.2 Å². The van der Waals surface area contributed by atoms with Crippen molar-refractivity contribution < 1.29 is 13.2 Å². The normalized spacial score (nSPS) is 11.4. The third-order valence-electron chi connectivity index (χ3n) is 2.88. The number of hydrogen-bond donors (Lipinski definition) is 0. The number of rotatable bonds is 7. The summed E-state index contributed by atoms with van der Waals surface area (Å²) in [4.78, 5) is 14.5. The van der Waals surface area contributed by atoms with Crippen LogP contribution < -0.4 is 4.90 Å². The quantitative estimate of drug-likeness (QED) is 0.562. The first-order chi connectivity index (χ1) is 9.79. The molecule has 0 unspecified atom stereocenters. The molecule has 0 aliphatic rings. The van der Waals surface area contributed by atoms with Crippen LogP contribution in [0.2, 0.25) is 0 Å². The summed E-state index contributed by atoms with van der Waals surface area (Å²) in [5.41, 5.74) is 0. The summed E-state index contributed by atoms with van der Waals surface area (Å²) in [6, 6.07) is -0.280. The first-order valence-corrected chi connectivity index (χ1v) is 9.27. The van der Waals surface area contributed by atoms with Crippen molar-refractivity contribution in [1.82, 2.24) is 15.1 Å². The molecule has 1 rings (SSSR count). The van der Waals surface area contributed by atoms with Crippen molar-refractivity contribution >= 4 is 32.3 Å². The second kappa shape index (κ2) is 7.69. The average molecular weight is 334 g/mol. The molecule has 120 valence electrons. The van der Waals surface area contributed by atoms with Gasteiger partial charge in [0.15, 0.2) is 0 Å². The molecule has 0 saturated heterocycles. The van der Waals surface area contributed by atoms with Crippen molar-refractivity contribution in [1.29, 1.82) is 0 Å². The molecule has 2 amide bonds. The molecule has 0 atom stereocenters. The van der Waals surface area contributed by atoms with Gasteiger partial charge in [0.1, 0.15) is 0 Å². The van der Waals surface area contributed by atoms with Crippen LogP contribution in [0.1, 0.15) is 32.6 Å². The van der Waals surface area contributed by atoms with Gasteiger partial charge in [-0.2, -0.15) is 0 Å². The third kappa shape index (κ3) is 4.92. The molecule has 0 aromatic carbocycles. The summed E-state index contributed by atoms with van der Waals surface area (Å²) in [6.07, 6.45) is 3.59. The van der Waals surface area contributed by atoms with Crippen LogP contribution in [0, 0.1) is 0 Å². The van der Waals surface area contributed by atoms with E-state index in [0.717, 1.165) is 30.6 Å². The topological polar surface area (TPSA) is 83.5 Å². The summed E-state index contributed by atoms with van der Waals surface area (Å²) >= 11 is 0.926. The van der Waals surface area contributed by atoms with E-state index in [1.165, 1.54) is 9.80 Å². The summed E-state index contributed by atoms with van der Waals surface area (Å²) in [6.45, 7) is 2.07. The molecule has 0 N–H and O–H groups in total. The Morgan fingerprint density at radius 1 is 1.14 bits per heavy atom. The number of amides is 2. The summed E-state index contributed by atoms with van der Waals surface area (Å²) in [5, 5.41) is 7.79. The molecule has 0 bridgehead atoms. The fourth-order valence-electron chi connectivity index (χ4n) is 1.65. The number of hydrogen-bond acceptors (Lipinski definition) is 6. The largest absolute Gasteiger partial charge is 0.330 e. The van der Waals surface area contributed by atoms with E-state index in [0.29, 0.717) is 6.42 Å². The molecule has 0 saturated carbocycles. The zero-order valence-corrected chi connectivity index (χ0v) is 14.5. The van der Waals surface area contributed by atoms with Gasteiger partial charge in [-0.3, -0.25) is 4.90 Å². The van der Waals surface area contributed by atoms with E-state index in [1.807, 2.05) is 0 Å². The fourth-order valence-corrected chi connectivity index (χ4v) is 4.09. The fraction of sp³-hybridized carbons (Fsp3) is 0.750. The summed E-state index contributed by atoms with van der Waals surface area (Å²) in [5.74, 6) is 0.0764. The molecule has 1 aromatic heterocycles. The van der Waals surface area contributed by atoms with Crippen molar-refractivity contribution in [2.45, 2.75) is 36.9 Å². The minimum absolute atomic E-state index is 0.0209. The highest BCUT2D eigenvalue weighted by Crippen LogP contribution is 2.24. The zero-order valence-electron chi connectivity index (χ0n) is 12.9. The Morgan fingerprint density at radius 2 is 1.81 bits per heavy atom. The third-order valence-corrected chi connectivity index (χ3v) is 6.13. The maximum absolute atomic E-state index is 12.1. The van der Waals surface area contributed by atoms with Gasteiger partial charge in [0.05, 0.1) is 5.75 Å². The predicted molar refractivity (Wildman–Crippen MR) is 83.6 cm³/mol. The predicted octanol–water partition coefficient (Wildman–Crippen LogP) is 2.01. The smallest absolute Gasteiger partial charge is 0.325 e. The van der Waals surface area contributed by atoms with Gasteiger partial charge in [0.25, 0.3) is 0 Å². The lowest BCUT2D eigenvalue weighted by Crippen LogP contribution is -2.36. The van der Waals surface area contributed by atoms with E-state index in [-0.39, 0.29) is 21.3 Å². The van der Waals surface area contributed by atoms with Gasteiger partial charge >= 0.3 is 6.03 Å². The van der Waals surface area contributed by atoms with Gasteiger partial charge < -0.3 is 4.90 Å². The molecular formula is C12H22N4O3S2. The Labute approximate surface area is 129 Å². The number of carbonyl (C=O) groups is 1. The van der Waals surface area contributed by atoms with Crippen LogP contribution in [0.25, 0.3) is 0 Å². The number of aromatic nitrogens is 2. The standard InChI is InChI=1S/C12H22N4O3S2/c1-5-6-7-8-9-21(18,19)11-14-13-10(20-11)16(4)12(17)15(2)3/h5-9H2,1-4H3. The van der Waals surface area contributed by atoms with E-state index < -0.39 is 9.84 Å². The van der Waals surface area contributed by atoms with Crippen LogP contribution >= 0.6 is 11.3 Å². The highest BCUT2D eigenvalue weighted by atomic mass is 32.2. The molecule has 0 aliphatic carbocycles. The maximum Gasteiger partial charge on any atom is 0.325 e. The second-order valence-electron chi connectivity index (χ2n) is 4.97. The first-order valence-electron chi connectivity index (χ1n) is 6.81. The lowest BCUT2D eigenvalue weighted by atomic mass is 10.2. The highest BCUT2D eigenvalue weighted by Gasteiger charge is 2.23. The lowest BCUT2D eigenvalue weighted by molar-refractivity contribution is 0.225. The van der Waals surface area contributed by atoms with Crippen molar-refractivity contribution in [3.05, 3.63) is 0 Å². The highest BCUT2D eigenvalue weighted by molar-refractivity contribution is 7.93. The van der Waals surface area contributed by atoms with Crippen molar-refractivity contribution in [2.75, 3.05) is 31.8 Å². The average Bonchev–Trinajstić information content (AvgIpc) is 2.92. The van der Waals surface area contributed by atoms with Crippen LogP contribution in [-0.2, 0) is 9.84 Å². The van der Waals surface area contributed by atoms with E-state index in [4.69, 9.17) is 0 Å². The van der Waals surface area contributed by atoms with E-state index >= 15 is 0 Å². The van der Waals surface area contributed by atoms with Crippen LogP contribution in [-0.4, -0.2) is 56.4 Å². The number of sulfone groups is 1. The molecule has 0 fully saturated rings. The summed E-state index contributed by atoms with van der Waals surface area (Å²) in [7, 11) is 1.37. The Balaban J connectivity index is 2.76. The molecule has 0 spiro atoms. The second-order valence-corrected chi connectivity index (χ2v) is 8.20. The SMILES string of the molecule is CCCCCCS(=O)(=O)c1nnc(N(C)C(=O)N(C)C)s1. The van der Waals surface area contributed by atoms with Crippen LogP contribution in [0.4, 0.5) is 9.93 Å². The lowest BCUT2D eigenvalue weighted by Gasteiger charge is -2.18. The zero-order chi connectivity index (χ0) is 16.0. The Kier molecular flexibility index (Phi) is 6.53. The Morgan fingerprint density at radius 3 is 2.38 bits per heavy atom. The van der Waals surface area contributed by atoms with Gasteiger partial charge in [-0.05, 0) is 6.42 Å². The van der Waals surface area contributed by atoms with Gasteiger partial charge in [-0.15, -0.1) is 10.2 Å². The van der Waals surface area contributed by atoms with Gasteiger partial charge in [0, 0.05) is 21.1 Å². The van der Waals surface area contributed by atoms with Crippen molar-refractivity contribution in [3.8, 4) is 0 Å². The van der Waals surface area contributed by atoms with Crippen LogP contribution in [0.15, 0.2) is 4.34 Å². The van der Waals surface area contributed by atoms with E-state index in [1.54, 1.807) is 21.1 Å². The van der Waals surface area contributed by atoms with Gasteiger partial charge in [0.2, 0.25) is 19.3 Å². The molecule has 1 aromatic rings. The number of unbranched alkanes of at least 4 members (excludes halogenated alkanes) is 3. The number of carbonyl (C=O) groups excluding carboxylic acids is 1. The van der Waals surface area contributed by atoms with Crippen molar-refractivity contribution in [3.63, 3.8) is 0 Å². The molecule has 0 radical (unpaired) electrons. The Bertz CT molecular complexity index is 569. The number of anilines is 1. The van der Waals surface area contributed by atoms with E-state index in [9.17, 15) is 13.2 Å². The Hall–Kier alpha value is -1.22. The monoisotopic (exact) mass is 334 g/mol. The minimum atomic E-state index is -3.41. The molecule has 9 heteroatoms. The molecule has 7 nitrogen and oxygen atoms in total. The van der Waals surface area contributed by atoms with E-state index in [2.05, 4.69) is 17.1 Å². The molecule has 1 heterocycles. The maximum atomic E-state index is 12.1. The van der Waals surface area contributed by atoms with Crippen LogP contribution in [0.5, 0.6) is 0 Å². The molecule has 21 heavy (non-hydrogen) atoms. The summed E-state index contributed by atoms with van der Waals surface area (Å²) < 4.78 is 24.2. The molecule has 0 aliphatic heterocycles. The minimum Gasteiger partial charge on any atom is -0.330 e. The molecular weight excluding hydrogens is 312 g/mol. The van der Waals surface area contributed by atoms with Crippen molar-refractivity contribution in [2.24, 2.45) is 0 Å². The van der Waals surface area contributed by atoms with Gasteiger partial charge in [-0.1, -0.05) is 37.5 Å². The number of nitrogens with zero attached hydrogens (tertiary/aromatic N) is 4. The first kappa shape index (κ1) is 17.8. The number of urea groups is 1. The van der Waals surface area contributed by atoms with Crippen LogP contribution in [0.3, 0.4) is 0 Å².